The smallest absolute Gasteiger partial charge is 0.131 e. The van der Waals surface area contributed by atoms with Crippen LogP contribution in [0.2, 0.25) is 0 Å². The molecule has 0 bridgehead atoms. The lowest BCUT2D eigenvalue weighted by molar-refractivity contribution is 0.417. The highest BCUT2D eigenvalue weighted by Crippen LogP contribution is 2.48. The molecule has 0 atom stereocenters. The van der Waals surface area contributed by atoms with E-state index in [0.717, 1.165) is 11.5 Å². The lowest BCUT2D eigenvalue weighted by Crippen LogP contribution is -2.24. The summed E-state index contributed by atoms with van der Waals surface area (Å²) in [5.41, 5.74) is 3.72. The lowest BCUT2D eigenvalue weighted by atomic mass is 9.76. The van der Waals surface area contributed by atoms with E-state index < -0.39 is 0 Å². The van der Waals surface area contributed by atoms with E-state index in [-0.39, 0.29) is 5.41 Å². The van der Waals surface area contributed by atoms with Gasteiger partial charge in [-0.1, -0.05) is 61.5 Å². The molecule has 4 rings (SSSR count). The molecule has 0 radical (unpaired) electrons. The Hall–Kier alpha value is -2.19. The van der Waals surface area contributed by atoms with Crippen molar-refractivity contribution in [3.8, 4) is 11.5 Å². The first-order valence-corrected chi connectivity index (χ1v) is 9.02. The van der Waals surface area contributed by atoms with Crippen molar-refractivity contribution in [1.29, 1.82) is 0 Å². The van der Waals surface area contributed by atoms with Crippen molar-refractivity contribution in [2.75, 3.05) is 0 Å². The quantitative estimate of drug-likeness (QED) is 0.524. The van der Waals surface area contributed by atoms with E-state index in [1.165, 1.54) is 26.5 Å². The molecule has 2 heteroatoms. The fraction of sp³-hybridized carbons (Fsp3) is 0.182. The number of para-hydroxylation sites is 1. The van der Waals surface area contributed by atoms with Crippen molar-refractivity contribution >= 4 is 11.8 Å². The van der Waals surface area contributed by atoms with Crippen LogP contribution in [0.3, 0.4) is 0 Å². The number of rotatable bonds is 2. The summed E-state index contributed by atoms with van der Waals surface area (Å²) < 4.78 is 6.12. The van der Waals surface area contributed by atoms with E-state index in [9.17, 15) is 0 Å². The van der Waals surface area contributed by atoms with Crippen molar-refractivity contribution in [2.24, 2.45) is 0 Å². The molecule has 0 N–H and O–H groups in total. The summed E-state index contributed by atoms with van der Waals surface area (Å²) in [6.45, 7) is 6.66. The number of benzene rings is 3. The van der Waals surface area contributed by atoms with Gasteiger partial charge in [-0.05, 0) is 43.3 Å². The molecule has 1 aliphatic rings. The molecule has 1 aliphatic heterocycles. The third-order valence-corrected chi connectivity index (χ3v) is 5.66. The highest BCUT2D eigenvalue weighted by atomic mass is 32.2. The summed E-state index contributed by atoms with van der Waals surface area (Å²) in [5.74, 6) is 1.93. The van der Waals surface area contributed by atoms with Crippen LogP contribution in [0.25, 0.3) is 0 Å². The maximum atomic E-state index is 6.12. The predicted molar refractivity (Wildman–Crippen MR) is 100 cm³/mol. The van der Waals surface area contributed by atoms with E-state index >= 15 is 0 Å². The van der Waals surface area contributed by atoms with Crippen LogP contribution < -0.4 is 4.74 Å². The third-order valence-electron chi connectivity index (χ3n) is 4.66. The zero-order chi connectivity index (χ0) is 16.7. The van der Waals surface area contributed by atoms with Crippen molar-refractivity contribution in [1.82, 2.24) is 0 Å². The molecule has 0 saturated heterocycles. The number of fused-ring (bicyclic) bond motifs is 2. The Labute approximate surface area is 147 Å². The fourth-order valence-electron chi connectivity index (χ4n) is 3.23. The Morgan fingerprint density at radius 3 is 2.21 bits per heavy atom. The second-order valence-electron chi connectivity index (χ2n) is 6.80. The summed E-state index contributed by atoms with van der Waals surface area (Å²) >= 11 is 1.80. The Bertz CT molecular complexity index is 894. The highest BCUT2D eigenvalue weighted by Gasteiger charge is 2.34. The maximum absolute atomic E-state index is 6.12. The van der Waals surface area contributed by atoms with Crippen LogP contribution in [0.4, 0.5) is 0 Å². The molecule has 3 aromatic rings. The summed E-state index contributed by atoms with van der Waals surface area (Å²) in [4.78, 5) is 2.50. The standard InChI is InChI=1S/C22H20OS/c1-15-8-10-16(11-9-15)24-17-12-13-21-19(14-17)22(2,3)18-6-4-5-7-20(18)23-21/h4-14H,1-3H3. The predicted octanol–water partition coefficient (Wildman–Crippen LogP) is 6.58. The van der Waals surface area contributed by atoms with Gasteiger partial charge in [0.2, 0.25) is 0 Å². The molecule has 0 aromatic heterocycles. The zero-order valence-electron chi connectivity index (χ0n) is 14.2. The van der Waals surface area contributed by atoms with Gasteiger partial charge in [-0.25, -0.2) is 0 Å². The molecular weight excluding hydrogens is 312 g/mol. The Morgan fingerprint density at radius 2 is 1.42 bits per heavy atom. The molecule has 1 heterocycles. The topological polar surface area (TPSA) is 9.23 Å². The minimum Gasteiger partial charge on any atom is -0.457 e. The van der Waals surface area contributed by atoms with Gasteiger partial charge in [0, 0.05) is 26.3 Å². The van der Waals surface area contributed by atoms with E-state index in [2.05, 4.69) is 81.4 Å². The second-order valence-corrected chi connectivity index (χ2v) is 7.94. The van der Waals surface area contributed by atoms with Crippen LogP contribution in [0, 0.1) is 6.92 Å². The first-order chi connectivity index (χ1) is 11.5. The van der Waals surface area contributed by atoms with Crippen LogP contribution in [-0.2, 0) is 5.41 Å². The van der Waals surface area contributed by atoms with Gasteiger partial charge < -0.3 is 4.74 Å². The van der Waals surface area contributed by atoms with Crippen molar-refractivity contribution in [3.05, 3.63) is 83.4 Å². The molecule has 0 aliphatic carbocycles. The maximum Gasteiger partial charge on any atom is 0.131 e. The van der Waals surface area contributed by atoms with Gasteiger partial charge in [0.25, 0.3) is 0 Å². The third kappa shape index (κ3) is 2.61. The van der Waals surface area contributed by atoms with Crippen LogP contribution in [-0.4, -0.2) is 0 Å². The van der Waals surface area contributed by atoms with E-state index in [4.69, 9.17) is 4.74 Å². The van der Waals surface area contributed by atoms with Crippen molar-refractivity contribution in [2.45, 2.75) is 36.0 Å². The van der Waals surface area contributed by atoms with Gasteiger partial charge in [0.15, 0.2) is 0 Å². The first-order valence-electron chi connectivity index (χ1n) is 8.20. The highest BCUT2D eigenvalue weighted by molar-refractivity contribution is 7.99. The van der Waals surface area contributed by atoms with Crippen LogP contribution in [0.5, 0.6) is 11.5 Å². The molecule has 0 unspecified atom stereocenters. The van der Waals surface area contributed by atoms with Gasteiger partial charge in [0.1, 0.15) is 11.5 Å². The Morgan fingerprint density at radius 1 is 0.750 bits per heavy atom. The van der Waals surface area contributed by atoms with Gasteiger partial charge in [0.05, 0.1) is 0 Å². The van der Waals surface area contributed by atoms with Crippen LogP contribution in [0.1, 0.15) is 30.5 Å². The monoisotopic (exact) mass is 332 g/mol. The van der Waals surface area contributed by atoms with Gasteiger partial charge in [-0.3, -0.25) is 0 Å². The molecular formula is C22H20OS. The fourth-order valence-corrected chi connectivity index (χ4v) is 4.09. The number of hydrogen-bond donors (Lipinski definition) is 0. The number of aryl methyl sites for hydroxylation is 1. The van der Waals surface area contributed by atoms with Crippen LogP contribution >= 0.6 is 11.8 Å². The molecule has 24 heavy (non-hydrogen) atoms. The average Bonchev–Trinajstić information content (AvgIpc) is 2.58. The summed E-state index contributed by atoms with van der Waals surface area (Å²) in [5, 5.41) is 0. The normalized spacial score (nSPS) is 14.5. The second kappa shape index (κ2) is 5.71. The molecule has 1 nitrogen and oxygen atoms in total. The SMILES string of the molecule is Cc1ccc(Sc2ccc3c(c2)C(C)(C)c2ccccc2O3)cc1. The zero-order valence-corrected chi connectivity index (χ0v) is 15.0. The van der Waals surface area contributed by atoms with E-state index in [1.54, 1.807) is 11.8 Å². The lowest BCUT2D eigenvalue weighted by Gasteiger charge is -2.34. The van der Waals surface area contributed by atoms with Gasteiger partial charge >= 0.3 is 0 Å². The van der Waals surface area contributed by atoms with Crippen molar-refractivity contribution in [3.63, 3.8) is 0 Å². The largest absolute Gasteiger partial charge is 0.457 e. The number of hydrogen-bond acceptors (Lipinski definition) is 2. The molecule has 0 spiro atoms. The van der Waals surface area contributed by atoms with Gasteiger partial charge in [-0.2, -0.15) is 0 Å². The Kier molecular flexibility index (Phi) is 3.65. The minimum atomic E-state index is -0.0615. The molecule has 0 amide bonds. The summed E-state index contributed by atoms with van der Waals surface area (Å²) in [7, 11) is 0. The van der Waals surface area contributed by atoms with E-state index in [0.29, 0.717) is 0 Å². The first kappa shape index (κ1) is 15.3. The van der Waals surface area contributed by atoms with Crippen LogP contribution in [0.15, 0.2) is 76.5 Å². The minimum absolute atomic E-state index is 0.0615. The molecule has 3 aromatic carbocycles. The van der Waals surface area contributed by atoms with E-state index in [1.807, 2.05) is 6.07 Å². The molecule has 120 valence electrons. The van der Waals surface area contributed by atoms with Crippen molar-refractivity contribution < 1.29 is 4.74 Å². The molecule has 0 saturated carbocycles. The summed E-state index contributed by atoms with van der Waals surface area (Å²) in [6.07, 6.45) is 0. The average molecular weight is 332 g/mol. The number of ether oxygens (including phenoxy) is 1. The van der Waals surface area contributed by atoms with Gasteiger partial charge in [-0.15, -0.1) is 0 Å². The summed E-state index contributed by atoms with van der Waals surface area (Å²) in [6, 6.07) is 23.5. The Balaban J connectivity index is 1.72. The molecule has 0 fully saturated rings.